The van der Waals surface area contributed by atoms with Crippen LogP contribution in [0.1, 0.15) is 19.8 Å². The number of carboxylic acid groups (broad SMARTS) is 2. The highest BCUT2D eigenvalue weighted by Gasteiger charge is 2.46. The molecule has 3 atom stereocenters. The van der Waals surface area contributed by atoms with Gasteiger partial charge in [-0.3, -0.25) is 29.0 Å². The Hall–Kier alpha value is -1.96. The maximum Gasteiger partial charge on any atom is 0.308 e. The SMILES string of the molecule is CCN1C(=O)CC(N2CCC(C(=O)O)C(C(=O)O)C2)C1=O. The van der Waals surface area contributed by atoms with E-state index in [0.29, 0.717) is 13.1 Å². The summed E-state index contributed by atoms with van der Waals surface area (Å²) < 4.78 is 0. The van der Waals surface area contributed by atoms with Crippen LogP contribution in [0.15, 0.2) is 0 Å². The topological polar surface area (TPSA) is 115 Å². The van der Waals surface area contributed by atoms with Crippen molar-refractivity contribution in [2.75, 3.05) is 19.6 Å². The predicted octanol–water partition coefficient (Wildman–Crippen LogP) is -0.759. The monoisotopic (exact) mass is 298 g/mol. The molecule has 3 unspecified atom stereocenters. The summed E-state index contributed by atoms with van der Waals surface area (Å²) in [6, 6.07) is -0.658. The van der Waals surface area contributed by atoms with Gasteiger partial charge < -0.3 is 10.2 Å². The minimum atomic E-state index is -1.18. The third-order valence-electron chi connectivity index (χ3n) is 4.26. The number of piperidine rings is 1. The fourth-order valence-corrected chi connectivity index (χ4v) is 3.09. The number of carboxylic acids is 2. The minimum Gasteiger partial charge on any atom is -0.481 e. The van der Waals surface area contributed by atoms with Crippen LogP contribution < -0.4 is 0 Å². The van der Waals surface area contributed by atoms with Crippen molar-refractivity contribution in [2.45, 2.75) is 25.8 Å². The number of hydrogen-bond donors (Lipinski definition) is 2. The van der Waals surface area contributed by atoms with Crippen molar-refractivity contribution >= 4 is 23.8 Å². The summed E-state index contributed by atoms with van der Waals surface area (Å²) >= 11 is 0. The Bertz CT molecular complexity index is 491. The number of carbonyl (C=O) groups is 4. The van der Waals surface area contributed by atoms with E-state index in [-0.39, 0.29) is 31.2 Å². The molecule has 2 aliphatic rings. The van der Waals surface area contributed by atoms with Gasteiger partial charge in [-0.1, -0.05) is 0 Å². The number of rotatable bonds is 4. The van der Waals surface area contributed by atoms with Gasteiger partial charge in [0, 0.05) is 13.1 Å². The van der Waals surface area contributed by atoms with Gasteiger partial charge in [0.15, 0.2) is 0 Å². The Morgan fingerprint density at radius 2 is 1.81 bits per heavy atom. The molecule has 0 saturated carbocycles. The van der Waals surface area contributed by atoms with Crippen LogP contribution in [0.5, 0.6) is 0 Å². The van der Waals surface area contributed by atoms with Crippen molar-refractivity contribution in [2.24, 2.45) is 11.8 Å². The molecule has 0 spiro atoms. The fraction of sp³-hybridized carbons (Fsp3) is 0.692. The summed E-state index contributed by atoms with van der Waals surface area (Å²) in [6.07, 6.45) is 0.202. The van der Waals surface area contributed by atoms with Crippen molar-refractivity contribution in [1.29, 1.82) is 0 Å². The van der Waals surface area contributed by atoms with Crippen LogP contribution in [-0.2, 0) is 19.2 Å². The highest BCUT2D eigenvalue weighted by atomic mass is 16.4. The first kappa shape index (κ1) is 15.4. The number of carbonyl (C=O) groups excluding carboxylic acids is 2. The number of aliphatic carboxylic acids is 2. The van der Waals surface area contributed by atoms with Crippen LogP contribution >= 0.6 is 0 Å². The lowest BCUT2D eigenvalue weighted by Gasteiger charge is -2.36. The molecule has 2 aliphatic heterocycles. The quantitative estimate of drug-likeness (QED) is 0.655. The predicted molar refractivity (Wildman–Crippen MR) is 69.2 cm³/mol. The van der Waals surface area contributed by atoms with Gasteiger partial charge in [-0.25, -0.2) is 0 Å². The summed E-state index contributed by atoms with van der Waals surface area (Å²) in [5, 5.41) is 18.3. The van der Waals surface area contributed by atoms with Gasteiger partial charge >= 0.3 is 11.9 Å². The van der Waals surface area contributed by atoms with E-state index in [1.807, 2.05) is 0 Å². The first-order valence-corrected chi connectivity index (χ1v) is 6.90. The van der Waals surface area contributed by atoms with Gasteiger partial charge in [0.1, 0.15) is 0 Å². The molecule has 8 nitrogen and oxygen atoms in total. The minimum absolute atomic E-state index is 0.0203. The lowest BCUT2D eigenvalue weighted by Crippen LogP contribution is -2.52. The van der Waals surface area contributed by atoms with Crippen molar-refractivity contribution in [1.82, 2.24) is 9.80 Å². The van der Waals surface area contributed by atoms with Crippen LogP contribution in [0.3, 0.4) is 0 Å². The summed E-state index contributed by atoms with van der Waals surface area (Å²) in [4.78, 5) is 49.0. The molecule has 116 valence electrons. The molecule has 0 bridgehead atoms. The van der Waals surface area contributed by atoms with E-state index < -0.39 is 29.8 Å². The third-order valence-corrected chi connectivity index (χ3v) is 4.26. The molecule has 2 rings (SSSR count). The molecule has 0 aromatic heterocycles. The van der Waals surface area contributed by atoms with Crippen molar-refractivity contribution in [3.63, 3.8) is 0 Å². The van der Waals surface area contributed by atoms with Crippen LogP contribution in [0, 0.1) is 11.8 Å². The molecule has 0 aromatic rings. The lowest BCUT2D eigenvalue weighted by molar-refractivity contribution is -0.158. The van der Waals surface area contributed by atoms with Gasteiger partial charge in [-0.05, 0) is 19.9 Å². The van der Waals surface area contributed by atoms with E-state index in [9.17, 15) is 24.3 Å². The van der Waals surface area contributed by atoms with Crippen LogP contribution in [0.4, 0.5) is 0 Å². The zero-order valence-electron chi connectivity index (χ0n) is 11.7. The summed E-state index contributed by atoms with van der Waals surface area (Å²) in [5.74, 6) is -4.91. The molecule has 2 heterocycles. The number of amides is 2. The molecule has 2 fully saturated rings. The number of nitrogens with zero attached hydrogens (tertiary/aromatic N) is 2. The van der Waals surface area contributed by atoms with E-state index in [1.54, 1.807) is 11.8 Å². The molecule has 8 heteroatoms. The second-order valence-electron chi connectivity index (χ2n) is 5.37. The maximum absolute atomic E-state index is 12.1. The summed E-state index contributed by atoms with van der Waals surface area (Å²) in [7, 11) is 0. The first-order chi connectivity index (χ1) is 9.86. The molecule has 21 heavy (non-hydrogen) atoms. The van der Waals surface area contributed by atoms with Crippen LogP contribution in [0.2, 0.25) is 0 Å². The lowest BCUT2D eigenvalue weighted by atomic mass is 9.85. The highest BCUT2D eigenvalue weighted by Crippen LogP contribution is 2.29. The first-order valence-electron chi connectivity index (χ1n) is 6.90. The molecular weight excluding hydrogens is 280 g/mol. The van der Waals surface area contributed by atoms with E-state index in [4.69, 9.17) is 5.11 Å². The second-order valence-corrected chi connectivity index (χ2v) is 5.37. The number of hydrogen-bond acceptors (Lipinski definition) is 5. The van der Waals surface area contributed by atoms with Crippen molar-refractivity contribution in [3.8, 4) is 0 Å². The summed E-state index contributed by atoms with van der Waals surface area (Å²) in [5.41, 5.74) is 0. The highest BCUT2D eigenvalue weighted by molar-refractivity contribution is 6.05. The van der Waals surface area contributed by atoms with Crippen molar-refractivity contribution in [3.05, 3.63) is 0 Å². The fourth-order valence-electron chi connectivity index (χ4n) is 3.09. The molecule has 0 aliphatic carbocycles. The standard InChI is InChI=1S/C13H18N2O6/c1-2-15-10(16)5-9(11(15)17)14-4-3-7(12(18)19)8(6-14)13(20)21/h7-9H,2-6H2,1H3,(H,18,19)(H,20,21). The van der Waals surface area contributed by atoms with Crippen LogP contribution in [0.25, 0.3) is 0 Å². The molecule has 2 saturated heterocycles. The molecule has 2 amide bonds. The normalized spacial score (nSPS) is 30.7. The number of likely N-dealkylation sites (N-methyl/N-ethyl adjacent to an activating group) is 1. The average Bonchev–Trinajstić information content (AvgIpc) is 2.72. The Morgan fingerprint density at radius 3 is 2.29 bits per heavy atom. The Balaban J connectivity index is 2.13. The maximum atomic E-state index is 12.1. The second kappa shape index (κ2) is 5.80. The van der Waals surface area contributed by atoms with Crippen LogP contribution in [-0.4, -0.2) is 69.4 Å². The Morgan fingerprint density at radius 1 is 1.19 bits per heavy atom. The number of imide groups is 1. The largest absolute Gasteiger partial charge is 0.481 e. The Labute approximate surface area is 121 Å². The Kier molecular flexibility index (Phi) is 4.26. The molecule has 0 radical (unpaired) electrons. The molecule has 2 N–H and O–H groups in total. The van der Waals surface area contributed by atoms with Gasteiger partial charge in [0.2, 0.25) is 11.8 Å². The van der Waals surface area contributed by atoms with Gasteiger partial charge in [-0.2, -0.15) is 0 Å². The van der Waals surface area contributed by atoms with Gasteiger partial charge in [-0.15, -0.1) is 0 Å². The smallest absolute Gasteiger partial charge is 0.308 e. The van der Waals surface area contributed by atoms with Crippen molar-refractivity contribution < 1.29 is 29.4 Å². The van der Waals surface area contributed by atoms with Gasteiger partial charge in [0.05, 0.1) is 24.3 Å². The third kappa shape index (κ3) is 2.76. The van der Waals surface area contributed by atoms with E-state index in [1.165, 1.54) is 0 Å². The number of likely N-dealkylation sites (tertiary alicyclic amines) is 2. The van der Waals surface area contributed by atoms with Gasteiger partial charge in [0.25, 0.3) is 0 Å². The summed E-state index contributed by atoms with van der Waals surface area (Å²) in [6.45, 7) is 2.28. The van der Waals surface area contributed by atoms with E-state index in [0.717, 1.165) is 4.90 Å². The molecular formula is C13H18N2O6. The average molecular weight is 298 g/mol. The van der Waals surface area contributed by atoms with E-state index in [2.05, 4.69) is 0 Å². The zero-order chi connectivity index (χ0) is 15.7. The zero-order valence-corrected chi connectivity index (χ0v) is 11.7. The van der Waals surface area contributed by atoms with E-state index >= 15 is 0 Å². The molecule has 0 aromatic carbocycles.